The summed E-state index contributed by atoms with van der Waals surface area (Å²) in [5, 5.41) is 4.72. The van der Waals surface area contributed by atoms with Crippen molar-refractivity contribution in [2.24, 2.45) is 0 Å². The van der Waals surface area contributed by atoms with Gasteiger partial charge >= 0.3 is 0 Å². The fourth-order valence-electron chi connectivity index (χ4n) is 3.02. The second-order valence-corrected chi connectivity index (χ2v) is 5.99. The minimum Gasteiger partial charge on any atom is -0.328 e. The molecule has 0 bridgehead atoms. The molecule has 0 spiro atoms. The zero-order valence-corrected chi connectivity index (χ0v) is 14.3. The van der Waals surface area contributed by atoms with E-state index in [4.69, 9.17) is 11.6 Å². The summed E-state index contributed by atoms with van der Waals surface area (Å²) in [6.45, 7) is 2.82. The molecule has 4 rings (SSSR count). The Labute approximate surface area is 148 Å². The minimum absolute atomic E-state index is 0.294. The first-order chi connectivity index (χ1) is 12.2. The van der Waals surface area contributed by atoms with Crippen LogP contribution in [0.4, 0.5) is 4.39 Å². The molecule has 5 nitrogen and oxygen atoms in total. The molecule has 3 aromatic heterocycles. The first-order valence-corrected chi connectivity index (χ1v) is 8.33. The smallest absolute Gasteiger partial charge is 0.156 e. The van der Waals surface area contributed by atoms with Crippen molar-refractivity contribution in [2.75, 3.05) is 0 Å². The monoisotopic (exact) mass is 355 g/mol. The van der Waals surface area contributed by atoms with Crippen LogP contribution in [0.5, 0.6) is 0 Å². The van der Waals surface area contributed by atoms with E-state index in [1.165, 1.54) is 12.1 Å². The molecule has 0 aliphatic carbocycles. The van der Waals surface area contributed by atoms with Gasteiger partial charge in [0.05, 0.1) is 16.9 Å². The lowest BCUT2D eigenvalue weighted by Crippen LogP contribution is -2.07. The number of halogens is 2. The Morgan fingerprint density at radius 1 is 1.16 bits per heavy atom. The van der Waals surface area contributed by atoms with Crippen LogP contribution in [-0.4, -0.2) is 24.3 Å². The molecule has 0 amide bonds. The Bertz CT molecular complexity index is 1050. The van der Waals surface area contributed by atoms with E-state index < -0.39 is 0 Å². The Balaban J connectivity index is 1.78. The van der Waals surface area contributed by atoms with E-state index in [9.17, 15) is 4.39 Å². The number of aryl methyl sites for hydroxylation is 1. The zero-order chi connectivity index (χ0) is 17.4. The Morgan fingerprint density at radius 3 is 2.84 bits per heavy atom. The number of benzene rings is 1. The molecule has 3 heterocycles. The summed E-state index contributed by atoms with van der Waals surface area (Å²) in [4.78, 5) is 8.76. The second-order valence-electron chi connectivity index (χ2n) is 5.63. The van der Waals surface area contributed by atoms with Crippen molar-refractivity contribution in [3.05, 3.63) is 71.3 Å². The Hall–Kier alpha value is -2.73. The third kappa shape index (κ3) is 2.78. The van der Waals surface area contributed by atoms with Crippen LogP contribution in [0.3, 0.4) is 0 Å². The van der Waals surface area contributed by atoms with Crippen molar-refractivity contribution in [2.45, 2.75) is 19.9 Å². The summed E-state index contributed by atoms with van der Waals surface area (Å²) in [5.74, 6) is 0.572. The average Bonchev–Trinajstić information content (AvgIpc) is 3.20. The summed E-state index contributed by atoms with van der Waals surface area (Å²) < 4.78 is 17.4. The van der Waals surface area contributed by atoms with Gasteiger partial charge in [0.15, 0.2) is 5.15 Å². The van der Waals surface area contributed by atoms with Crippen molar-refractivity contribution >= 4 is 22.6 Å². The number of nitrogens with zero attached hydrogens (tertiary/aromatic N) is 5. The molecule has 126 valence electrons. The molecule has 0 saturated carbocycles. The predicted molar refractivity (Wildman–Crippen MR) is 94.5 cm³/mol. The van der Waals surface area contributed by atoms with Gasteiger partial charge in [0.25, 0.3) is 0 Å². The molecule has 0 radical (unpaired) electrons. The fraction of sp³-hybridized carbons (Fsp3) is 0.167. The van der Waals surface area contributed by atoms with Crippen molar-refractivity contribution in [3.8, 4) is 5.69 Å². The van der Waals surface area contributed by atoms with Gasteiger partial charge in [0, 0.05) is 25.4 Å². The molecule has 0 fully saturated rings. The molecule has 0 atom stereocenters. The first-order valence-electron chi connectivity index (χ1n) is 7.96. The van der Waals surface area contributed by atoms with Gasteiger partial charge in [0.1, 0.15) is 17.2 Å². The van der Waals surface area contributed by atoms with Crippen LogP contribution in [0.25, 0.3) is 16.7 Å². The van der Waals surface area contributed by atoms with Crippen LogP contribution in [0.2, 0.25) is 5.15 Å². The van der Waals surface area contributed by atoms with Gasteiger partial charge in [-0.05, 0) is 37.3 Å². The van der Waals surface area contributed by atoms with Crippen molar-refractivity contribution in [1.82, 2.24) is 24.3 Å². The number of fused-ring (bicyclic) bond motifs is 1. The number of pyridine rings is 1. The van der Waals surface area contributed by atoms with Gasteiger partial charge < -0.3 is 4.57 Å². The highest BCUT2D eigenvalue weighted by atomic mass is 35.5. The van der Waals surface area contributed by atoms with E-state index in [0.29, 0.717) is 22.8 Å². The van der Waals surface area contributed by atoms with Crippen molar-refractivity contribution in [1.29, 1.82) is 0 Å². The van der Waals surface area contributed by atoms with Crippen molar-refractivity contribution in [3.63, 3.8) is 0 Å². The number of hydrogen-bond acceptors (Lipinski definition) is 3. The van der Waals surface area contributed by atoms with E-state index in [1.807, 2.05) is 18.2 Å². The molecular weight excluding hydrogens is 341 g/mol. The number of rotatable bonds is 4. The maximum atomic E-state index is 13.5. The van der Waals surface area contributed by atoms with Gasteiger partial charge in [-0.3, -0.25) is 0 Å². The topological polar surface area (TPSA) is 48.5 Å². The molecule has 1 aromatic carbocycles. The van der Waals surface area contributed by atoms with E-state index in [1.54, 1.807) is 23.1 Å². The van der Waals surface area contributed by atoms with Crippen molar-refractivity contribution < 1.29 is 4.39 Å². The number of imidazole rings is 1. The molecule has 0 aliphatic heterocycles. The zero-order valence-electron chi connectivity index (χ0n) is 13.5. The highest BCUT2D eigenvalue weighted by Crippen LogP contribution is 2.24. The van der Waals surface area contributed by atoms with Crippen LogP contribution in [0.15, 0.2) is 48.8 Å². The lowest BCUT2D eigenvalue weighted by atomic mass is 10.2. The lowest BCUT2D eigenvalue weighted by molar-refractivity contribution is 0.624. The van der Waals surface area contributed by atoms with Crippen LogP contribution in [0, 0.1) is 5.82 Å². The molecule has 25 heavy (non-hydrogen) atoms. The van der Waals surface area contributed by atoms with Crippen LogP contribution in [0.1, 0.15) is 18.4 Å². The molecule has 7 heteroatoms. The van der Waals surface area contributed by atoms with E-state index in [-0.39, 0.29) is 5.82 Å². The minimum atomic E-state index is -0.294. The second kappa shape index (κ2) is 6.29. The highest BCUT2D eigenvalue weighted by molar-refractivity contribution is 6.33. The summed E-state index contributed by atoms with van der Waals surface area (Å²) in [6, 6.07) is 10.2. The quantitative estimate of drug-likeness (QED) is 0.519. The predicted octanol–water partition coefficient (Wildman–Crippen LogP) is 4.02. The normalized spacial score (nSPS) is 11.3. The molecule has 0 unspecified atom stereocenters. The van der Waals surface area contributed by atoms with Gasteiger partial charge in [-0.15, -0.1) is 0 Å². The summed E-state index contributed by atoms with van der Waals surface area (Å²) in [7, 11) is 0. The Kier molecular flexibility index (Phi) is 3.97. The highest BCUT2D eigenvalue weighted by Gasteiger charge is 2.15. The molecule has 0 aliphatic rings. The van der Waals surface area contributed by atoms with Gasteiger partial charge in [-0.25, -0.2) is 19.0 Å². The fourth-order valence-corrected chi connectivity index (χ4v) is 3.22. The molecule has 0 saturated heterocycles. The summed E-state index contributed by atoms with van der Waals surface area (Å²) in [6.07, 6.45) is 3.93. The SMILES string of the molecule is CCn1c(Cc2ccnn2-c2cccc(F)c2)nc2c(Cl)nccc21. The first kappa shape index (κ1) is 15.8. The standard InChI is InChI=1S/C18H15ClFN5/c1-2-24-15-7-8-21-18(19)17(15)23-16(24)11-14-6-9-22-25(14)13-5-3-4-12(20)10-13/h3-10H,2,11H2,1H3. The van der Waals surface area contributed by atoms with Crippen LogP contribution >= 0.6 is 11.6 Å². The Morgan fingerprint density at radius 2 is 2.04 bits per heavy atom. The third-order valence-electron chi connectivity index (χ3n) is 4.13. The van der Waals surface area contributed by atoms with E-state index in [2.05, 4.69) is 26.6 Å². The van der Waals surface area contributed by atoms with Gasteiger partial charge in [0.2, 0.25) is 0 Å². The third-order valence-corrected chi connectivity index (χ3v) is 4.41. The molecule has 4 aromatic rings. The number of hydrogen-bond donors (Lipinski definition) is 0. The summed E-state index contributed by atoms with van der Waals surface area (Å²) >= 11 is 6.18. The van der Waals surface area contributed by atoms with Crippen LogP contribution < -0.4 is 0 Å². The van der Waals surface area contributed by atoms with Gasteiger partial charge in [-0.1, -0.05) is 17.7 Å². The average molecular weight is 356 g/mol. The number of aromatic nitrogens is 5. The molecule has 0 N–H and O–H groups in total. The largest absolute Gasteiger partial charge is 0.328 e. The maximum Gasteiger partial charge on any atom is 0.156 e. The van der Waals surface area contributed by atoms with Crippen LogP contribution in [-0.2, 0) is 13.0 Å². The molecular formula is C18H15ClFN5. The maximum absolute atomic E-state index is 13.5. The van der Waals surface area contributed by atoms with Gasteiger partial charge in [-0.2, -0.15) is 5.10 Å². The van der Waals surface area contributed by atoms with E-state index in [0.717, 1.165) is 23.6 Å². The lowest BCUT2D eigenvalue weighted by Gasteiger charge is -2.09. The summed E-state index contributed by atoms with van der Waals surface area (Å²) in [5.41, 5.74) is 3.24. The van der Waals surface area contributed by atoms with E-state index >= 15 is 0 Å².